The number of hydrogen-bond acceptors (Lipinski definition) is 1. The molecule has 0 aromatic heterocycles. The number of carbonyl (C=O) groups is 1. The summed E-state index contributed by atoms with van der Waals surface area (Å²) in [6, 6.07) is 0. The van der Waals surface area contributed by atoms with Crippen molar-refractivity contribution in [1.82, 2.24) is 0 Å². The molecule has 1 N–H and O–H groups in total. The number of carboxylic acid groups (broad SMARTS) is 1. The summed E-state index contributed by atoms with van der Waals surface area (Å²) in [5, 5.41) is 8.52. The molecule has 0 aliphatic carbocycles. The molecule has 0 spiro atoms. The number of allylic oxidation sites excluding steroid dienone is 6. The third kappa shape index (κ3) is 18.7. The largest absolute Gasteiger partial charge is 0.481 e. The molecule has 126 valence electrons. The van der Waals surface area contributed by atoms with Gasteiger partial charge in [0.1, 0.15) is 0 Å². The van der Waals surface area contributed by atoms with Gasteiger partial charge in [0.05, 0.1) is 0 Å². The lowest BCUT2D eigenvalue weighted by molar-refractivity contribution is -0.137. The minimum atomic E-state index is -0.672. The molecule has 0 saturated heterocycles. The highest BCUT2D eigenvalue weighted by Crippen LogP contribution is 2.08. The quantitative estimate of drug-likeness (QED) is 0.279. The Bertz CT molecular complexity index is 327. The molecule has 0 aromatic rings. The van der Waals surface area contributed by atoms with E-state index >= 15 is 0 Å². The van der Waals surface area contributed by atoms with Crippen LogP contribution in [0.2, 0.25) is 0 Å². The van der Waals surface area contributed by atoms with E-state index < -0.39 is 5.97 Å². The molecule has 0 radical (unpaired) electrons. The van der Waals surface area contributed by atoms with E-state index in [1.54, 1.807) is 0 Å². The predicted molar refractivity (Wildman–Crippen MR) is 96.1 cm³/mol. The van der Waals surface area contributed by atoms with Gasteiger partial charge in [-0.25, -0.2) is 0 Å². The van der Waals surface area contributed by atoms with Crippen molar-refractivity contribution < 1.29 is 9.90 Å². The van der Waals surface area contributed by atoms with Crippen LogP contribution >= 0.6 is 0 Å². The first-order valence-electron chi connectivity index (χ1n) is 8.94. The Hall–Kier alpha value is -1.31. The fraction of sp³-hybridized carbons (Fsp3) is 0.650. The molecule has 0 rings (SSSR count). The van der Waals surface area contributed by atoms with Crippen LogP contribution in [0.5, 0.6) is 0 Å². The highest BCUT2D eigenvalue weighted by atomic mass is 16.4. The number of unbranched alkanes of at least 4 members (excludes halogenated alkanes) is 7. The molecule has 0 amide bonds. The topological polar surface area (TPSA) is 37.3 Å². The van der Waals surface area contributed by atoms with Gasteiger partial charge in [-0.1, -0.05) is 62.6 Å². The molecule has 0 atom stereocenters. The standard InChI is InChI=1S/C20H34O2/c1-2-3-4-5-6-7-8-9-10-11-12-13-14-15-16-17-18-19-20(21)22/h3-4,7-8,11-12H,2,5-6,9-10,13-19H2,1H3,(H,21,22). The maximum Gasteiger partial charge on any atom is 0.303 e. The lowest BCUT2D eigenvalue weighted by Gasteiger charge is -1.98. The van der Waals surface area contributed by atoms with E-state index in [4.69, 9.17) is 5.11 Å². The van der Waals surface area contributed by atoms with E-state index in [0.717, 1.165) is 57.8 Å². The lowest BCUT2D eigenvalue weighted by Crippen LogP contribution is -1.93. The van der Waals surface area contributed by atoms with E-state index in [0.29, 0.717) is 6.42 Å². The second-order valence-corrected chi connectivity index (χ2v) is 5.68. The lowest BCUT2D eigenvalue weighted by atomic mass is 10.1. The number of aliphatic carboxylic acids is 1. The Morgan fingerprint density at radius 3 is 1.68 bits per heavy atom. The van der Waals surface area contributed by atoms with Gasteiger partial charge in [0.2, 0.25) is 0 Å². The fourth-order valence-corrected chi connectivity index (χ4v) is 2.21. The van der Waals surface area contributed by atoms with Crippen molar-refractivity contribution in [2.45, 2.75) is 84.0 Å². The van der Waals surface area contributed by atoms with Crippen LogP contribution in [-0.4, -0.2) is 11.1 Å². The average Bonchev–Trinajstić information content (AvgIpc) is 2.50. The molecule has 0 fully saturated rings. The molecule has 2 nitrogen and oxygen atoms in total. The first-order valence-corrected chi connectivity index (χ1v) is 8.94. The molecule has 2 heteroatoms. The highest BCUT2D eigenvalue weighted by Gasteiger charge is 1.95. The molecule has 0 bridgehead atoms. The molecule has 0 heterocycles. The van der Waals surface area contributed by atoms with Crippen molar-refractivity contribution in [1.29, 1.82) is 0 Å². The van der Waals surface area contributed by atoms with Gasteiger partial charge in [0.25, 0.3) is 0 Å². The molecule has 22 heavy (non-hydrogen) atoms. The molecule has 0 aromatic carbocycles. The van der Waals surface area contributed by atoms with Gasteiger partial charge < -0.3 is 5.11 Å². The summed E-state index contributed by atoms with van der Waals surface area (Å²) >= 11 is 0. The Labute approximate surface area is 137 Å². The Morgan fingerprint density at radius 1 is 0.682 bits per heavy atom. The van der Waals surface area contributed by atoms with Crippen LogP contribution in [-0.2, 0) is 4.79 Å². The normalized spacial score (nSPS) is 12.0. The van der Waals surface area contributed by atoms with Crippen LogP contribution in [0.1, 0.15) is 84.0 Å². The second-order valence-electron chi connectivity index (χ2n) is 5.68. The molecule has 0 unspecified atom stereocenters. The van der Waals surface area contributed by atoms with Crippen LogP contribution in [0.15, 0.2) is 36.5 Å². The first kappa shape index (κ1) is 20.7. The summed E-state index contributed by atoms with van der Waals surface area (Å²) in [6.07, 6.45) is 26.3. The van der Waals surface area contributed by atoms with E-state index in [2.05, 4.69) is 43.4 Å². The summed E-state index contributed by atoms with van der Waals surface area (Å²) in [6.45, 7) is 2.16. The summed E-state index contributed by atoms with van der Waals surface area (Å²) in [7, 11) is 0. The minimum absolute atomic E-state index is 0.322. The molecular formula is C20H34O2. The molecular weight excluding hydrogens is 272 g/mol. The summed E-state index contributed by atoms with van der Waals surface area (Å²) in [5.74, 6) is -0.672. The van der Waals surface area contributed by atoms with Gasteiger partial charge in [-0.2, -0.15) is 0 Å². The van der Waals surface area contributed by atoms with Crippen molar-refractivity contribution in [3.05, 3.63) is 36.5 Å². The van der Waals surface area contributed by atoms with Crippen molar-refractivity contribution in [2.75, 3.05) is 0 Å². The monoisotopic (exact) mass is 306 g/mol. The zero-order valence-electron chi connectivity index (χ0n) is 14.3. The van der Waals surface area contributed by atoms with Crippen LogP contribution in [0.4, 0.5) is 0 Å². The number of rotatable bonds is 15. The molecule has 0 saturated carbocycles. The zero-order chi connectivity index (χ0) is 16.3. The Kier molecular flexibility index (Phi) is 16.7. The van der Waals surface area contributed by atoms with Crippen LogP contribution in [0.3, 0.4) is 0 Å². The van der Waals surface area contributed by atoms with Gasteiger partial charge in [-0.05, 0) is 51.4 Å². The fourth-order valence-electron chi connectivity index (χ4n) is 2.21. The van der Waals surface area contributed by atoms with Crippen molar-refractivity contribution in [2.24, 2.45) is 0 Å². The van der Waals surface area contributed by atoms with Gasteiger partial charge in [-0.15, -0.1) is 0 Å². The SMILES string of the molecule is CCC=CCCC=CCCC=CCCCCCCCC(=O)O. The van der Waals surface area contributed by atoms with Crippen LogP contribution in [0.25, 0.3) is 0 Å². The maximum atomic E-state index is 10.3. The number of hydrogen-bond donors (Lipinski definition) is 1. The highest BCUT2D eigenvalue weighted by molar-refractivity contribution is 5.66. The van der Waals surface area contributed by atoms with Gasteiger partial charge >= 0.3 is 5.97 Å². The third-order valence-electron chi connectivity index (χ3n) is 3.50. The van der Waals surface area contributed by atoms with Crippen molar-refractivity contribution >= 4 is 5.97 Å². The summed E-state index contributed by atoms with van der Waals surface area (Å²) in [5.41, 5.74) is 0. The van der Waals surface area contributed by atoms with E-state index in [-0.39, 0.29) is 0 Å². The van der Waals surface area contributed by atoms with Crippen molar-refractivity contribution in [3.8, 4) is 0 Å². The first-order chi connectivity index (χ1) is 10.8. The van der Waals surface area contributed by atoms with Gasteiger partial charge in [0.15, 0.2) is 0 Å². The predicted octanol–water partition coefficient (Wildman–Crippen LogP) is 6.44. The second kappa shape index (κ2) is 17.7. The van der Waals surface area contributed by atoms with Crippen LogP contribution in [0, 0.1) is 0 Å². The van der Waals surface area contributed by atoms with E-state index in [9.17, 15) is 4.79 Å². The van der Waals surface area contributed by atoms with E-state index in [1.807, 2.05) is 0 Å². The molecule has 0 aliphatic rings. The van der Waals surface area contributed by atoms with Crippen molar-refractivity contribution in [3.63, 3.8) is 0 Å². The number of carboxylic acids is 1. The summed E-state index contributed by atoms with van der Waals surface area (Å²) in [4.78, 5) is 10.3. The molecule has 0 aliphatic heterocycles. The Balaban J connectivity index is 3.22. The third-order valence-corrected chi connectivity index (χ3v) is 3.50. The van der Waals surface area contributed by atoms with Crippen LogP contribution < -0.4 is 0 Å². The smallest absolute Gasteiger partial charge is 0.303 e. The van der Waals surface area contributed by atoms with E-state index in [1.165, 1.54) is 12.8 Å². The summed E-state index contributed by atoms with van der Waals surface area (Å²) < 4.78 is 0. The maximum absolute atomic E-state index is 10.3. The average molecular weight is 306 g/mol. The minimum Gasteiger partial charge on any atom is -0.481 e. The Morgan fingerprint density at radius 2 is 1.14 bits per heavy atom. The zero-order valence-corrected chi connectivity index (χ0v) is 14.3. The van der Waals surface area contributed by atoms with Gasteiger partial charge in [-0.3, -0.25) is 4.79 Å². The van der Waals surface area contributed by atoms with Gasteiger partial charge in [0, 0.05) is 6.42 Å².